The van der Waals surface area contributed by atoms with Crippen molar-refractivity contribution in [3.63, 3.8) is 0 Å². The van der Waals surface area contributed by atoms with E-state index < -0.39 is 0 Å². The van der Waals surface area contributed by atoms with E-state index in [9.17, 15) is 4.79 Å². The number of piperidine rings is 1. The summed E-state index contributed by atoms with van der Waals surface area (Å²) in [6, 6.07) is 5.48. The van der Waals surface area contributed by atoms with Crippen LogP contribution in [0, 0.1) is 5.92 Å². The number of hydrogen-bond acceptors (Lipinski definition) is 3. The van der Waals surface area contributed by atoms with Gasteiger partial charge in [-0.1, -0.05) is 19.9 Å². The second-order valence-electron chi connectivity index (χ2n) is 6.54. The molecule has 1 aliphatic heterocycles. The summed E-state index contributed by atoms with van der Waals surface area (Å²) in [7, 11) is 0. The van der Waals surface area contributed by atoms with Gasteiger partial charge in [-0.25, -0.2) is 4.98 Å². The quantitative estimate of drug-likeness (QED) is 0.872. The van der Waals surface area contributed by atoms with E-state index in [2.05, 4.69) is 34.6 Å². The van der Waals surface area contributed by atoms with Gasteiger partial charge in [-0.15, -0.1) is 0 Å². The third-order valence-corrected chi connectivity index (χ3v) is 4.50. The van der Waals surface area contributed by atoms with Crippen LogP contribution in [0.1, 0.15) is 48.9 Å². The highest BCUT2D eigenvalue weighted by atomic mass is 16.2. The molecule has 1 aliphatic rings. The molecule has 1 saturated heterocycles. The molecular formula is C18H24N4O. The molecule has 0 atom stereocenters. The van der Waals surface area contributed by atoms with E-state index in [-0.39, 0.29) is 5.91 Å². The zero-order valence-electron chi connectivity index (χ0n) is 13.9. The molecule has 5 heteroatoms. The monoisotopic (exact) mass is 312 g/mol. The number of likely N-dealkylation sites (tertiary alicyclic amines) is 1. The maximum atomic E-state index is 12.4. The minimum Gasteiger partial charge on any atom is -0.337 e. The number of carbonyl (C=O) groups is 1. The molecule has 0 spiro atoms. The van der Waals surface area contributed by atoms with Crippen molar-refractivity contribution in [2.45, 2.75) is 39.2 Å². The number of imidazole rings is 1. The van der Waals surface area contributed by atoms with Crippen molar-refractivity contribution in [1.82, 2.24) is 19.4 Å². The molecule has 0 bridgehead atoms. The summed E-state index contributed by atoms with van der Waals surface area (Å²) in [6.07, 6.45) is 7.70. The summed E-state index contributed by atoms with van der Waals surface area (Å²) in [5, 5.41) is 0. The summed E-state index contributed by atoms with van der Waals surface area (Å²) in [5.74, 6) is 2.25. The fourth-order valence-electron chi connectivity index (χ4n) is 3.22. The number of rotatable bonds is 4. The van der Waals surface area contributed by atoms with Gasteiger partial charge < -0.3 is 9.47 Å². The fourth-order valence-corrected chi connectivity index (χ4v) is 3.22. The van der Waals surface area contributed by atoms with Crippen molar-refractivity contribution in [3.05, 3.63) is 48.3 Å². The van der Waals surface area contributed by atoms with E-state index in [0.29, 0.717) is 17.5 Å². The Morgan fingerprint density at radius 2 is 2.00 bits per heavy atom. The van der Waals surface area contributed by atoms with Gasteiger partial charge >= 0.3 is 0 Å². The number of hydrogen-bond donors (Lipinski definition) is 0. The lowest BCUT2D eigenvalue weighted by molar-refractivity contribution is 0.0676. The van der Waals surface area contributed by atoms with Gasteiger partial charge in [0.2, 0.25) is 0 Å². The van der Waals surface area contributed by atoms with Crippen LogP contribution >= 0.6 is 0 Å². The van der Waals surface area contributed by atoms with Crippen molar-refractivity contribution >= 4 is 5.91 Å². The zero-order chi connectivity index (χ0) is 16.2. The van der Waals surface area contributed by atoms with Crippen LogP contribution in [0.2, 0.25) is 0 Å². The predicted molar refractivity (Wildman–Crippen MR) is 89.2 cm³/mol. The fraction of sp³-hybridized carbons (Fsp3) is 0.500. The highest BCUT2D eigenvalue weighted by molar-refractivity contribution is 5.92. The molecule has 3 rings (SSSR count). The average molecular weight is 312 g/mol. The Kier molecular flexibility index (Phi) is 4.74. The van der Waals surface area contributed by atoms with Crippen LogP contribution in [0.15, 0.2) is 36.8 Å². The average Bonchev–Trinajstić information content (AvgIpc) is 3.04. The Morgan fingerprint density at radius 3 is 2.65 bits per heavy atom. The van der Waals surface area contributed by atoms with E-state index in [4.69, 9.17) is 0 Å². The second-order valence-corrected chi connectivity index (χ2v) is 6.54. The topological polar surface area (TPSA) is 51.0 Å². The van der Waals surface area contributed by atoms with E-state index in [1.165, 1.54) is 0 Å². The Morgan fingerprint density at radius 1 is 1.22 bits per heavy atom. The number of aromatic nitrogens is 3. The second kappa shape index (κ2) is 6.94. The Hall–Kier alpha value is -2.17. The minimum atomic E-state index is 0.0505. The van der Waals surface area contributed by atoms with Crippen LogP contribution < -0.4 is 0 Å². The Bertz CT molecular complexity index is 642. The normalized spacial score (nSPS) is 16.0. The molecule has 0 unspecified atom stereocenters. The summed E-state index contributed by atoms with van der Waals surface area (Å²) >= 11 is 0. The maximum Gasteiger partial charge on any atom is 0.272 e. The van der Waals surface area contributed by atoms with Gasteiger partial charge in [0.15, 0.2) is 0 Å². The highest BCUT2D eigenvalue weighted by Crippen LogP contribution is 2.22. The largest absolute Gasteiger partial charge is 0.337 e. The van der Waals surface area contributed by atoms with E-state index >= 15 is 0 Å². The molecule has 0 saturated carbocycles. The molecular weight excluding hydrogens is 288 g/mol. The van der Waals surface area contributed by atoms with Crippen molar-refractivity contribution < 1.29 is 4.79 Å². The summed E-state index contributed by atoms with van der Waals surface area (Å²) in [5.41, 5.74) is 0.544. The van der Waals surface area contributed by atoms with Gasteiger partial charge in [-0.2, -0.15) is 0 Å². The third-order valence-electron chi connectivity index (χ3n) is 4.50. The van der Waals surface area contributed by atoms with Crippen LogP contribution in [-0.4, -0.2) is 38.4 Å². The Labute approximate surface area is 137 Å². The molecule has 5 nitrogen and oxygen atoms in total. The van der Waals surface area contributed by atoms with Crippen LogP contribution in [0.3, 0.4) is 0 Å². The van der Waals surface area contributed by atoms with Gasteiger partial charge in [0.05, 0.1) is 0 Å². The molecule has 0 radical (unpaired) electrons. The molecule has 2 aromatic rings. The smallest absolute Gasteiger partial charge is 0.272 e. The van der Waals surface area contributed by atoms with Crippen LogP contribution in [0.4, 0.5) is 0 Å². The molecule has 2 aromatic heterocycles. The molecule has 122 valence electrons. The van der Waals surface area contributed by atoms with Gasteiger partial charge in [-0.05, 0) is 30.9 Å². The van der Waals surface area contributed by atoms with Crippen LogP contribution in [-0.2, 0) is 6.54 Å². The first-order valence-electron chi connectivity index (χ1n) is 8.36. The highest BCUT2D eigenvalue weighted by Gasteiger charge is 2.25. The Balaban J connectivity index is 1.56. The first kappa shape index (κ1) is 15.7. The predicted octanol–water partition coefficient (Wildman–Crippen LogP) is 2.95. The molecule has 23 heavy (non-hydrogen) atoms. The van der Waals surface area contributed by atoms with Crippen molar-refractivity contribution in [2.24, 2.45) is 5.92 Å². The van der Waals surface area contributed by atoms with Gasteiger partial charge in [0.1, 0.15) is 11.5 Å². The van der Waals surface area contributed by atoms with E-state index in [1.54, 1.807) is 12.3 Å². The molecule has 3 heterocycles. The molecule has 1 amide bonds. The number of nitrogens with zero attached hydrogens (tertiary/aromatic N) is 4. The lowest BCUT2D eigenvalue weighted by Gasteiger charge is -2.32. The molecule has 0 N–H and O–H groups in total. The SMILES string of the molecule is CC(C)c1nccn1CC1CCN(C(=O)c2ccccn2)CC1. The first-order valence-corrected chi connectivity index (χ1v) is 8.36. The lowest BCUT2D eigenvalue weighted by atomic mass is 9.96. The maximum absolute atomic E-state index is 12.4. The minimum absolute atomic E-state index is 0.0505. The number of pyridine rings is 1. The van der Waals surface area contributed by atoms with E-state index in [0.717, 1.165) is 38.3 Å². The first-order chi connectivity index (χ1) is 11.1. The summed E-state index contributed by atoms with van der Waals surface area (Å²) in [6.45, 7) is 6.97. The molecule has 1 fully saturated rings. The third kappa shape index (κ3) is 3.60. The summed E-state index contributed by atoms with van der Waals surface area (Å²) in [4.78, 5) is 23.0. The number of amides is 1. The zero-order valence-corrected chi connectivity index (χ0v) is 13.9. The van der Waals surface area contributed by atoms with Gasteiger partial charge in [-0.3, -0.25) is 9.78 Å². The van der Waals surface area contributed by atoms with Crippen molar-refractivity contribution in [2.75, 3.05) is 13.1 Å². The lowest BCUT2D eigenvalue weighted by Crippen LogP contribution is -2.39. The summed E-state index contributed by atoms with van der Waals surface area (Å²) < 4.78 is 2.27. The van der Waals surface area contributed by atoms with Crippen molar-refractivity contribution in [1.29, 1.82) is 0 Å². The van der Waals surface area contributed by atoms with Gasteiger partial charge in [0, 0.05) is 44.1 Å². The molecule has 0 aromatic carbocycles. The van der Waals surface area contributed by atoms with E-state index in [1.807, 2.05) is 23.2 Å². The van der Waals surface area contributed by atoms with Crippen LogP contribution in [0.25, 0.3) is 0 Å². The van der Waals surface area contributed by atoms with Gasteiger partial charge in [0.25, 0.3) is 5.91 Å². The standard InChI is InChI=1S/C18H24N4O/c1-14(2)17-20-9-12-22(17)13-15-6-10-21(11-7-15)18(23)16-5-3-4-8-19-16/h3-5,8-9,12,14-15H,6-7,10-11,13H2,1-2H3. The van der Waals surface area contributed by atoms with Crippen LogP contribution in [0.5, 0.6) is 0 Å². The van der Waals surface area contributed by atoms with Crippen molar-refractivity contribution in [3.8, 4) is 0 Å². The molecule has 0 aliphatic carbocycles. The number of carbonyl (C=O) groups excluding carboxylic acids is 1.